The van der Waals surface area contributed by atoms with Gasteiger partial charge in [-0.05, 0) is 47.5 Å². The molecule has 0 aliphatic carbocycles. The van der Waals surface area contributed by atoms with Gasteiger partial charge in [0.1, 0.15) is 23.2 Å². The van der Waals surface area contributed by atoms with Gasteiger partial charge in [0.05, 0.1) is 0 Å². The Kier molecular flexibility index (Phi) is 3.10. The van der Waals surface area contributed by atoms with Gasteiger partial charge >= 0.3 is 0 Å². The van der Waals surface area contributed by atoms with Crippen molar-refractivity contribution in [1.82, 2.24) is 5.43 Å². The summed E-state index contributed by atoms with van der Waals surface area (Å²) in [5.41, 5.74) is 5.37. The molecule has 0 saturated carbocycles. The molecule has 0 saturated heterocycles. The van der Waals surface area contributed by atoms with Crippen LogP contribution in [0.3, 0.4) is 0 Å². The molecule has 3 rings (SSSR count). The molecule has 3 N–H and O–H groups in total. The van der Waals surface area contributed by atoms with E-state index in [0.29, 0.717) is 5.58 Å². The maximum atomic E-state index is 13.3. The predicted octanol–water partition coefficient (Wildman–Crippen LogP) is 3.49. The molecule has 2 aromatic heterocycles. The monoisotopic (exact) mass is 276 g/mol. The Morgan fingerprint density at radius 2 is 2.21 bits per heavy atom. The van der Waals surface area contributed by atoms with E-state index in [9.17, 15) is 4.39 Å². The van der Waals surface area contributed by atoms with Crippen molar-refractivity contribution < 1.29 is 8.81 Å². The lowest BCUT2D eigenvalue weighted by Crippen LogP contribution is -2.28. The van der Waals surface area contributed by atoms with Gasteiger partial charge in [-0.25, -0.2) is 9.82 Å². The molecule has 0 bridgehead atoms. The normalized spacial score (nSPS) is 13.0. The van der Waals surface area contributed by atoms with Gasteiger partial charge in [-0.3, -0.25) is 5.84 Å². The number of thiophene rings is 1. The fraction of sp³-hybridized carbons (Fsp3) is 0.143. The summed E-state index contributed by atoms with van der Waals surface area (Å²) in [5.74, 6) is 6.09. The number of nitrogens with two attached hydrogens (primary N) is 1. The molecular weight excluding hydrogens is 263 g/mol. The molecule has 0 aliphatic heterocycles. The van der Waals surface area contributed by atoms with Crippen molar-refractivity contribution in [2.75, 3.05) is 0 Å². The third-order valence-electron chi connectivity index (χ3n) is 3.24. The van der Waals surface area contributed by atoms with Crippen LogP contribution in [0.4, 0.5) is 4.39 Å². The van der Waals surface area contributed by atoms with Crippen LogP contribution in [0.1, 0.15) is 22.9 Å². The van der Waals surface area contributed by atoms with Crippen LogP contribution in [0, 0.1) is 12.7 Å². The molecule has 1 unspecified atom stereocenters. The Morgan fingerprint density at radius 1 is 1.37 bits per heavy atom. The molecular formula is C14H13FN2OS. The van der Waals surface area contributed by atoms with Crippen LogP contribution < -0.4 is 11.3 Å². The molecule has 3 aromatic rings. The van der Waals surface area contributed by atoms with Crippen LogP contribution in [-0.2, 0) is 0 Å². The number of aryl methyl sites for hydroxylation is 1. The lowest BCUT2D eigenvalue weighted by atomic mass is 10.0. The average molecular weight is 276 g/mol. The third kappa shape index (κ3) is 2.06. The molecule has 1 atom stereocenters. The van der Waals surface area contributed by atoms with Gasteiger partial charge in [-0.1, -0.05) is 0 Å². The zero-order chi connectivity index (χ0) is 13.4. The average Bonchev–Trinajstić information content (AvgIpc) is 3.02. The van der Waals surface area contributed by atoms with Crippen molar-refractivity contribution in [1.29, 1.82) is 0 Å². The summed E-state index contributed by atoms with van der Waals surface area (Å²) in [4.78, 5) is 0. The summed E-state index contributed by atoms with van der Waals surface area (Å²) in [5, 5.41) is 4.78. The molecule has 98 valence electrons. The second-order valence-electron chi connectivity index (χ2n) is 4.39. The minimum atomic E-state index is -0.268. The Bertz CT molecular complexity index is 706. The second kappa shape index (κ2) is 4.77. The van der Waals surface area contributed by atoms with Gasteiger partial charge in [-0.2, -0.15) is 11.3 Å². The highest BCUT2D eigenvalue weighted by molar-refractivity contribution is 7.08. The van der Waals surface area contributed by atoms with Crippen molar-refractivity contribution >= 4 is 22.3 Å². The topological polar surface area (TPSA) is 51.2 Å². The lowest BCUT2D eigenvalue weighted by Gasteiger charge is -2.12. The molecule has 0 spiro atoms. The van der Waals surface area contributed by atoms with E-state index < -0.39 is 0 Å². The van der Waals surface area contributed by atoms with Crippen molar-refractivity contribution in [2.45, 2.75) is 13.0 Å². The summed E-state index contributed by atoms with van der Waals surface area (Å²) in [6, 6.07) is 6.29. The Morgan fingerprint density at radius 3 is 2.89 bits per heavy atom. The van der Waals surface area contributed by atoms with E-state index in [1.807, 2.05) is 23.8 Å². The summed E-state index contributed by atoms with van der Waals surface area (Å²) in [6.07, 6.45) is 0. The summed E-state index contributed by atoms with van der Waals surface area (Å²) < 4.78 is 19.1. The molecule has 5 heteroatoms. The second-order valence-corrected chi connectivity index (χ2v) is 5.17. The molecule has 19 heavy (non-hydrogen) atoms. The highest BCUT2D eigenvalue weighted by atomic mass is 32.1. The minimum Gasteiger partial charge on any atom is -0.459 e. The molecule has 1 aromatic carbocycles. The molecule has 0 amide bonds. The van der Waals surface area contributed by atoms with Crippen molar-refractivity contribution in [2.24, 2.45) is 5.84 Å². The first-order chi connectivity index (χ1) is 9.20. The predicted molar refractivity (Wildman–Crippen MR) is 74.4 cm³/mol. The first-order valence-corrected chi connectivity index (χ1v) is 6.81. The molecule has 0 fully saturated rings. The standard InChI is InChI=1S/C14H13FN2OS/c1-8-11-6-10(15)2-3-12(11)18-14(8)13(17-16)9-4-5-19-7-9/h2-7,13,17H,16H2,1H3. The van der Waals surface area contributed by atoms with Gasteiger partial charge in [0.2, 0.25) is 0 Å². The fourth-order valence-corrected chi connectivity index (χ4v) is 2.94. The number of furan rings is 1. The highest BCUT2D eigenvalue weighted by Gasteiger charge is 2.21. The number of benzene rings is 1. The lowest BCUT2D eigenvalue weighted by molar-refractivity contribution is 0.474. The maximum absolute atomic E-state index is 13.3. The van der Waals surface area contributed by atoms with Gasteiger partial charge in [0.25, 0.3) is 0 Å². The smallest absolute Gasteiger partial charge is 0.134 e. The van der Waals surface area contributed by atoms with Crippen LogP contribution in [0.15, 0.2) is 39.4 Å². The van der Waals surface area contributed by atoms with E-state index >= 15 is 0 Å². The number of nitrogens with one attached hydrogen (secondary N) is 1. The minimum absolute atomic E-state index is 0.221. The van der Waals surface area contributed by atoms with Crippen molar-refractivity contribution in [3.8, 4) is 0 Å². The number of hydrazine groups is 1. The molecule has 0 aliphatic rings. The molecule has 0 radical (unpaired) electrons. The number of hydrogen-bond donors (Lipinski definition) is 2. The zero-order valence-electron chi connectivity index (χ0n) is 10.3. The van der Waals surface area contributed by atoms with Gasteiger partial charge in [0.15, 0.2) is 0 Å². The summed E-state index contributed by atoms with van der Waals surface area (Å²) in [6.45, 7) is 1.91. The maximum Gasteiger partial charge on any atom is 0.134 e. The van der Waals surface area contributed by atoms with E-state index in [2.05, 4.69) is 5.43 Å². The number of fused-ring (bicyclic) bond motifs is 1. The van der Waals surface area contributed by atoms with Crippen LogP contribution in [0.2, 0.25) is 0 Å². The van der Waals surface area contributed by atoms with Crippen LogP contribution in [0.5, 0.6) is 0 Å². The van der Waals surface area contributed by atoms with Gasteiger partial charge in [-0.15, -0.1) is 0 Å². The van der Waals surface area contributed by atoms with Gasteiger partial charge < -0.3 is 4.42 Å². The first kappa shape index (κ1) is 12.3. The van der Waals surface area contributed by atoms with E-state index in [1.54, 1.807) is 17.4 Å². The summed E-state index contributed by atoms with van der Waals surface area (Å²) >= 11 is 1.60. The first-order valence-electron chi connectivity index (χ1n) is 5.87. The number of hydrogen-bond acceptors (Lipinski definition) is 4. The molecule has 2 heterocycles. The fourth-order valence-electron chi connectivity index (χ4n) is 2.25. The number of halogens is 1. The van der Waals surface area contributed by atoms with E-state index in [4.69, 9.17) is 10.3 Å². The van der Waals surface area contributed by atoms with Crippen molar-refractivity contribution in [3.63, 3.8) is 0 Å². The van der Waals surface area contributed by atoms with E-state index in [0.717, 1.165) is 22.3 Å². The zero-order valence-corrected chi connectivity index (χ0v) is 11.1. The largest absolute Gasteiger partial charge is 0.459 e. The quantitative estimate of drug-likeness (QED) is 0.568. The van der Waals surface area contributed by atoms with E-state index in [-0.39, 0.29) is 11.9 Å². The third-order valence-corrected chi connectivity index (χ3v) is 3.94. The van der Waals surface area contributed by atoms with Crippen LogP contribution >= 0.6 is 11.3 Å². The van der Waals surface area contributed by atoms with E-state index in [1.165, 1.54) is 12.1 Å². The molecule has 3 nitrogen and oxygen atoms in total. The Hall–Kier alpha value is -1.69. The highest BCUT2D eigenvalue weighted by Crippen LogP contribution is 2.33. The number of rotatable bonds is 3. The SMILES string of the molecule is Cc1c(C(NN)c2ccsc2)oc2ccc(F)cc12. The van der Waals surface area contributed by atoms with Crippen LogP contribution in [-0.4, -0.2) is 0 Å². The Labute approximate surface area is 113 Å². The van der Waals surface area contributed by atoms with Crippen molar-refractivity contribution in [3.05, 3.63) is 57.7 Å². The summed E-state index contributed by atoms with van der Waals surface area (Å²) in [7, 11) is 0. The van der Waals surface area contributed by atoms with Gasteiger partial charge in [0, 0.05) is 10.9 Å². The Balaban J connectivity index is 2.16. The van der Waals surface area contributed by atoms with Crippen LogP contribution in [0.25, 0.3) is 11.0 Å².